The zero-order chi connectivity index (χ0) is 13.6. The summed E-state index contributed by atoms with van der Waals surface area (Å²) in [6.45, 7) is 4.96. The van der Waals surface area contributed by atoms with E-state index < -0.39 is 0 Å². The van der Waals surface area contributed by atoms with Gasteiger partial charge in [-0.25, -0.2) is 0 Å². The first-order valence-electron chi connectivity index (χ1n) is 8.63. The van der Waals surface area contributed by atoms with Crippen molar-refractivity contribution < 1.29 is 9.47 Å². The predicted octanol–water partition coefficient (Wildman–Crippen LogP) is 5.10. The maximum atomic E-state index is 5.71. The zero-order valence-electron chi connectivity index (χ0n) is 13.0. The third-order valence-corrected chi connectivity index (χ3v) is 3.97. The minimum absolute atomic E-state index is 0.382. The molecule has 0 saturated carbocycles. The second-order valence-corrected chi connectivity index (χ2v) is 5.89. The molecule has 0 N–H and O–H groups in total. The van der Waals surface area contributed by atoms with E-state index in [2.05, 4.69) is 6.92 Å². The van der Waals surface area contributed by atoms with Gasteiger partial charge in [0.15, 0.2) is 0 Å². The predicted molar refractivity (Wildman–Crippen MR) is 81.6 cm³/mol. The van der Waals surface area contributed by atoms with Crippen LogP contribution in [0.5, 0.6) is 0 Å². The van der Waals surface area contributed by atoms with Crippen molar-refractivity contribution in [3.63, 3.8) is 0 Å². The number of hydrogen-bond donors (Lipinski definition) is 0. The van der Waals surface area contributed by atoms with Gasteiger partial charge in [-0.2, -0.15) is 0 Å². The standard InChI is InChI=1S/C17H34O2/c1-2-3-4-5-6-7-8-9-11-14-18-16-17-13-10-12-15-19-17/h17H,2-16H2,1H3. The van der Waals surface area contributed by atoms with Crippen molar-refractivity contribution in [3.05, 3.63) is 0 Å². The Morgan fingerprint density at radius 2 is 1.58 bits per heavy atom. The number of rotatable bonds is 12. The summed E-state index contributed by atoms with van der Waals surface area (Å²) in [5.41, 5.74) is 0. The molecule has 114 valence electrons. The molecule has 0 radical (unpaired) electrons. The van der Waals surface area contributed by atoms with E-state index in [1.807, 2.05) is 0 Å². The summed E-state index contributed by atoms with van der Waals surface area (Å²) in [5.74, 6) is 0. The SMILES string of the molecule is CCCCCCCCCCCOCC1CCCCO1. The Bertz CT molecular complexity index is 176. The van der Waals surface area contributed by atoms with Crippen molar-refractivity contribution in [1.82, 2.24) is 0 Å². The van der Waals surface area contributed by atoms with Gasteiger partial charge >= 0.3 is 0 Å². The van der Waals surface area contributed by atoms with Crippen LogP contribution in [-0.4, -0.2) is 25.9 Å². The fourth-order valence-corrected chi connectivity index (χ4v) is 2.67. The summed E-state index contributed by atoms with van der Waals surface area (Å²) in [7, 11) is 0. The van der Waals surface area contributed by atoms with Crippen LogP contribution >= 0.6 is 0 Å². The zero-order valence-corrected chi connectivity index (χ0v) is 13.0. The Morgan fingerprint density at radius 3 is 2.21 bits per heavy atom. The second-order valence-electron chi connectivity index (χ2n) is 5.89. The lowest BCUT2D eigenvalue weighted by Crippen LogP contribution is -2.24. The second kappa shape index (κ2) is 12.9. The third-order valence-electron chi connectivity index (χ3n) is 3.97. The Morgan fingerprint density at radius 1 is 0.895 bits per heavy atom. The van der Waals surface area contributed by atoms with Gasteiger partial charge in [-0.15, -0.1) is 0 Å². The molecule has 0 aromatic rings. The normalized spacial score (nSPS) is 19.7. The summed E-state index contributed by atoms with van der Waals surface area (Å²) in [6, 6.07) is 0. The van der Waals surface area contributed by atoms with Gasteiger partial charge in [0.25, 0.3) is 0 Å². The average Bonchev–Trinajstić information content (AvgIpc) is 2.46. The molecule has 0 spiro atoms. The Balaban J connectivity index is 1.71. The summed E-state index contributed by atoms with van der Waals surface area (Å²) in [5, 5.41) is 0. The first-order valence-corrected chi connectivity index (χ1v) is 8.63. The van der Waals surface area contributed by atoms with Gasteiger partial charge in [-0.1, -0.05) is 58.3 Å². The van der Waals surface area contributed by atoms with Crippen LogP contribution in [0.1, 0.15) is 84.0 Å². The molecule has 1 atom stereocenters. The van der Waals surface area contributed by atoms with Crippen LogP contribution in [0, 0.1) is 0 Å². The fourth-order valence-electron chi connectivity index (χ4n) is 2.67. The summed E-state index contributed by atoms with van der Waals surface area (Å²) in [6.07, 6.45) is 16.5. The van der Waals surface area contributed by atoms with Gasteiger partial charge in [0, 0.05) is 13.2 Å². The molecule has 0 amide bonds. The van der Waals surface area contributed by atoms with Gasteiger partial charge in [-0.3, -0.25) is 0 Å². The van der Waals surface area contributed by atoms with Crippen LogP contribution in [0.15, 0.2) is 0 Å². The van der Waals surface area contributed by atoms with Gasteiger partial charge in [0.2, 0.25) is 0 Å². The fraction of sp³-hybridized carbons (Fsp3) is 1.00. The molecule has 0 aliphatic carbocycles. The third kappa shape index (κ3) is 10.4. The van der Waals surface area contributed by atoms with Crippen molar-refractivity contribution >= 4 is 0 Å². The van der Waals surface area contributed by atoms with Crippen LogP contribution in [0.2, 0.25) is 0 Å². The first-order chi connectivity index (χ1) is 9.43. The van der Waals surface area contributed by atoms with E-state index in [9.17, 15) is 0 Å². The molecular weight excluding hydrogens is 236 g/mol. The Kier molecular flexibility index (Phi) is 11.5. The lowest BCUT2D eigenvalue weighted by molar-refractivity contribution is -0.0411. The molecule has 0 aromatic carbocycles. The number of hydrogen-bond acceptors (Lipinski definition) is 2. The monoisotopic (exact) mass is 270 g/mol. The Hall–Kier alpha value is -0.0800. The Labute approximate surface area is 120 Å². The van der Waals surface area contributed by atoms with Crippen LogP contribution < -0.4 is 0 Å². The summed E-state index contributed by atoms with van der Waals surface area (Å²) in [4.78, 5) is 0. The number of ether oxygens (including phenoxy) is 2. The topological polar surface area (TPSA) is 18.5 Å². The lowest BCUT2D eigenvalue weighted by Gasteiger charge is -2.22. The van der Waals surface area contributed by atoms with E-state index in [0.29, 0.717) is 6.10 Å². The summed E-state index contributed by atoms with van der Waals surface area (Å²) < 4.78 is 11.4. The largest absolute Gasteiger partial charge is 0.379 e. The molecule has 19 heavy (non-hydrogen) atoms. The molecule has 2 nitrogen and oxygen atoms in total. The van der Waals surface area contributed by atoms with Crippen LogP contribution in [0.3, 0.4) is 0 Å². The smallest absolute Gasteiger partial charge is 0.0808 e. The maximum absolute atomic E-state index is 5.71. The van der Waals surface area contributed by atoms with Crippen LogP contribution in [-0.2, 0) is 9.47 Å². The van der Waals surface area contributed by atoms with Crippen molar-refractivity contribution in [2.75, 3.05) is 19.8 Å². The van der Waals surface area contributed by atoms with Crippen molar-refractivity contribution in [2.24, 2.45) is 0 Å². The molecule has 1 unspecified atom stereocenters. The average molecular weight is 270 g/mol. The summed E-state index contributed by atoms with van der Waals surface area (Å²) >= 11 is 0. The molecule has 1 rings (SSSR count). The van der Waals surface area contributed by atoms with Crippen molar-refractivity contribution in [1.29, 1.82) is 0 Å². The van der Waals surface area contributed by atoms with E-state index in [1.165, 1.54) is 77.0 Å². The molecular formula is C17H34O2. The molecule has 1 aliphatic rings. The quantitative estimate of drug-likeness (QED) is 0.459. The van der Waals surface area contributed by atoms with E-state index >= 15 is 0 Å². The van der Waals surface area contributed by atoms with E-state index in [-0.39, 0.29) is 0 Å². The molecule has 1 heterocycles. The minimum Gasteiger partial charge on any atom is -0.379 e. The van der Waals surface area contributed by atoms with Gasteiger partial charge in [0.1, 0.15) is 0 Å². The van der Waals surface area contributed by atoms with E-state index in [4.69, 9.17) is 9.47 Å². The first kappa shape index (κ1) is 17.0. The molecule has 0 bridgehead atoms. The van der Waals surface area contributed by atoms with E-state index in [0.717, 1.165) is 19.8 Å². The molecule has 2 heteroatoms. The molecule has 1 fully saturated rings. The van der Waals surface area contributed by atoms with Crippen LogP contribution in [0.4, 0.5) is 0 Å². The highest BCUT2D eigenvalue weighted by atomic mass is 16.5. The number of unbranched alkanes of at least 4 members (excludes halogenated alkanes) is 8. The van der Waals surface area contributed by atoms with Crippen LogP contribution in [0.25, 0.3) is 0 Å². The maximum Gasteiger partial charge on any atom is 0.0808 e. The van der Waals surface area contributed by atoms with Crippen molar-refractivity contribution in [3.8, 4) is 0 Å². The lowest BCUT2D eigenvalue weighted by atomic mass is 10.1. The molecule has 0 aromatic heterocycles. The minimum atomic E-state index is 0.382. The highest BCUT2D eigenvalue weighted by molar-refractivity contribution is 4.62. The van der Waals surface area contributed by atoms with Gasteiger partial charge < -0.3 is 9.47 Å². The molecule has 1 aliphatic heterocycles. The molecule has 1 saturated heterocycles. The van der Waals surface area contributed by atoms with Gasteiger partial charge in [-0.05, 0) is 25.7 Å². The van der Waals surface area contributed by atoms with E-state index in [1.54, 1.807) is 0 Å². The van der Waals surface area contributed by atoms with Crippen molar-refractivity contribution in [2.45, 2.75) is 90.1 Å². The highest BCUT2D eigenvalue weighted by Gasteiger charge is 2.13. The highest BCUT2D eigenvalue weighted by Crippen LogP contribution is 2.13. The van der Waals surface area contributed by atoms with Gasteiger partial charge in [0.05, 0.1) is 12.7 Å².